The molecule has 0 saturated carbocycles. The lowest BCUT2D eigenvalue weighted by atomic mass is 10.1. The summed E-state index contributed by atoms with van der Waals surface area (Å²) < 4.78 is 5.41. The van der Waals surface area contributed by atoms with Gasteiger partial charge in [-0.3, -0.25) is 0 Å². The van der Waals surface area contributed by atoms with E-state index in [9.17, 15) is 4.79 Å². The van der Waals surface area contributed by atoms with Crippen LogP contribution in [0.5, 0.6) is 0 Å². The minimum atomic E-state index is -0.403. The van der Waals surface area contributed by atoms with Crippen molar-refractivity contribution in [3.8, 4) is 0 Å². The first-order chi connectivity index (χ1) is 8.42. The number of nitrogens with one attached hydrogen (secondary N) is 1. The molecule has 4 heteroatoms. The molecule has 0 aromatic carbocycles. The standard InChI is InChI=1S/C14H28N2O2/c1-5-6-9-15-12-8-7-10-16(11-12)13(17)18-14(2,3)4/h12,15H,5-11H2,1-4H3. The Morgan fingerprint density at radius 1 is 1.44 bits per heavy atom. The third-order valence-corrected chi connectivity index (χ3v) is 3.04. The summed E-state index contributed by atoms with van der Waals surface area (Å²) in [6.45, 7) is 10.6. The number of hydrogen-bond donors (Lipinski definition) is 1. The summed E-state index contributed by atoms with van der Waals surface area (Å²) in [5.74, 6) is 0. The molecule has 1 N–H and O–H groups in total. The predicted octanol–water partition coefficient (Wildman–Crippen LogP) is 2.78. The summed E-state index contributed by atoms with van der Waals surface area (Å²) in [6.07, 6.45) is 4.44. The quantitative estimate of drug-likeness (QED) is 0.786. The SMILES string of the molecule is CCCCNC1CCCN(C(=O)OC(C)(C)C)C1. The second-order valence-corrected chi connectivity index (χ2v) is 6.07. The van der Waals surface area contributed by atoms with E-state index in [-0.39, 0.29) is 6.09 Å². The van der Waals surface area contributed by atoms with Crippen LogP contribution >= 0.6 is 0 Å². The Morgan fingerprint density at radius 3 is 2.78 bits per heavy atom. The summed E-state index contributed by atoms with van der Waals surface area (Å²) in [4.78, 5) is 13.8. The van der Waals surface area contributed by atoms with Crippen molar-refractivity contribution in [1.82, 2.24) is 10.2 Å². The molecule has 1 unspecified atom stereocenters. The Labute approximate surface area is 111 Å². The highest BCUT2D eigenvalue weighted by molar-refractivity contribution is 5.68. The van der Waals surface area contributed by atoms with Gasteiger partial charge in [-0.2, -0.15) is 0 Å². The lowest BCUT2D eigenvalue weighted by molar-refractivity contribution is 0.0188. The van der Waals surface area contributed by atoms with Crippen LogP contribution in [-0.2, 0) is 4.74 Å². The number of piperidine rings is 1. The molecule has 4 nitrogen and oxygen atoms in total. The molecular weight excluding hydrogens is 228 g/mol. The summed E-state index contributed by atoms with van der Waals surface area (Å²) in [5.41, 5.74) is -0.403. The van der Waals surface area contributed by atoms with Crippen molar-refractivity contribution in [2.24, 2.45) is 0 Å². The van der Waals surface area contributed by atoms with E-state index >= 15 is 0 Å². The molecule has 1 saturated heterocycles. The van der Waals surface area contributed by atoms with Gasteiger partial charge in [-0.1, -0.05) is 13.3 Å². The zero-order valence-corrected chi connectivity index (χ0v) is 12.3. The Balaban J connectivity index is 2.36. The molecule has 0 bridgehead atoms. The number of amides is 1. The Hall–Kier alpha value is -0.770. The molecule has 0 spiro atoms. The molecule has 1 fully saturated rings. The number of likely N-dealkylation sites (tertiary alicyclic amines) is 1. The molecule has 1 rings (SSSR count). The fourth-order valence-electron chi connectivity index (χ4n) is 2.12. The van der Waals surface area contributed by atoms with Crippen molar-refractivity contribution in [1.29, 1.82) is 0 Å². The maximum Gasteiger partial charge on any atom is 0.410 e. The number of unbranched alkanes of at least 4 members (excludes halogenated alkanes) is 1. The van der Waals surface area contributed by atoms with E-state index in [2.05, 4.69) is 12.2 Å². The van der Waals surface area contributed by atoms with Gasteiger partial charge in [0.2, 0.25) is 0 Å². The van der Waals surface area contributed by atoms with Gasteiger partial charge in [0.05, 0.1) is 0 Å². The van der Waals surface area contributed by atoms with Gasteiger partial charge in [-0.25, -0.2) is 4.79 Å². The van der Waals surface area contributed by atoms with E-state index in [0.29, 0.717) is 6.04 Å². The van der Waals surface area contributed by atoms with E-state index in [4.69, 9.17) is 4.74 Å². The number of nitrogens with zero attached hydrogens (tertiary/aromatic N) is 1. The Kier molecular flexibility index (Phi) is 5.93. The maximum atomic E-state index is 12.0. The number of ether oxygens (including phenoxy) is 1. The topological polar surface area (TPSA) is 41.6 Å². The van der Waals surface area contributed by atoms with Crippen molar-refractivity contribution >= 4 is 6.09 Å². The van der Waals surface area contributed by atoms with E-state index in [0.717, 1.165) is 32.5 Å². The van der Waals surface area contributed by atoms with Crippen molar-refractivity contribution < 1.29 is 9.53 Å². The van der Waals surface area contributed by atoms with Crippen LogP contribution < -0.4 is 5.32 Å². The molecule has 106 valence electrons. The first kappa shape index (κ1) is 15.3. The largest absolute Gasteiger partial charge is 0.444 e. The molecule has 1 heterocycles. The van der Waals surface area contributed by atoms with E-state index < -0.39 is 5.60 Å². The van der Waals surface area contributed by atoms with Crippen molar-refractivity contribution in [3.63, 3.8) is 0 Å². The zero-order valence-electron chi connectivity index (χ0n) is 12.3. The van der Waals surface area contributed by atoms with Crippen LogP contribution in [0.15, 0.2) is 0 Å². The van der Waals surface area contributed by atoms with E-state index in [1.165, 1.54) is 12.8 Å². The minimum Gasteiger partial charge on any atom is -0.444 e. The normalized spacial score (nSPS) is 20.9. The highest BCUT2D eigenvalue weighted by Crippen LogP contribution is 2.15. The lowest BCUT2D eigenvalue weighted by Gasteiger charge is -2.34. The smallest absolute Gasteiger partial charge is 0.410 e. The number of carbonyl (C=O) groups excluding carboxylic acids is 1. The predicted molar refractivity (Wildman–Crippen MR) is 73.7 cm³/mol. The summed E-state index contributed by atoms with van der Waals surface area (Å²) in [5, 5.41) is 3.52. The molecule has 0 aromatic rings. The van der Waals surface area contributed by atoms with Gasteiger partial charge in [0.1, 0.15) is 5.60 Å². The molecule has 0 aliphatic carbocycles. The molecule has 1 aliphatic rings. The van der Waals surface area contributed by atoms with E-state index in [1.807, 2.05) is 25.7 Å². The van der Waals surface area contributed by atoms with Crippen molar-refractivity contribution in [3.05, 3.63) is 0 Å². The average Bonchev–Trinajstić information content (AvgIpc) is 2.27. The third kappa shape index (κ3) is 5.71. The average molecular weight is 256 g/mol. The van der Waals surface area contributed by atoms with Gasteiger partial charge in [0.15, 0.2) is 0 Å². The monoisotopic (exact) mass is 256 g/mol. The first-order valence-corrected chi connectivity index (χ1v) is 7.13. The Bertz CT molecular complexity index is 261. The fourth-order valence-corrected chi connectivity index (χ4v) is 2.12. The molecule has 0 aromatic heterocycles. The maximum absolute atomic E-state index is 12.0. The van der Waals surface area contributed by atoms with Crippen LogP contribution in [0, 0.1) is 0 Å². The second-order valence-electron chi connectivity index (χ2n) is 6.07. The van der Waals surface area contributed by atoms with Crippen molar-refractivity contribution in [2.45, 2.75) is 65.0 Å². The van der Waals surface area contributed by atoms with Crippen LogP contribution in [0.4, 0.5) is 4.79 Å². The number of rotatable bonds is 4. The van der Waals surface area contributed by atoms with Crippen LogP contribution in [0.3, 0.4) is 0 Å². The van der Waals surface area contributed by atoms with Crippen LogP contribution in [0.25, 0.3) is 0 Å². The first-order valence-electron chi connectivity index (χ1n) is 7.13. The van der Waals surface area contributed by atoms with Gasteiger partial charge in [-0.15, -0.1) is 0 Å². The second kappa shape index (κ2) is 6.98. The fraction of sp³-hybridized carbons (Fsp3) is 0.929. The lowest BCUT2D eigenvalue weighted by Crippen LogP contribution is -2.49. The van der Waals surface area contributed by atoms with Crippen LogP contribution in [0.1, 0.15) is 53.4 Å². The zero-order chi connectivity index (χ0) is 13.6. The van der Waals surface area contributed by atoms with Crippen LogP contribution in [0.2, 0.25) is 0 Å². The minimum absolute atomic E-state index is 0.176. The molecule has 1 aliphatic heterocycles. The molecule has 1 atom stereocenters. The van der Waals surface area contributed by atoms with Gasteiger partial charge in [0, 0.05) is 19.1 Å². The highest BCUT2D eigenvalue weighted by atomic mass is 16.6. The summed E-state index contributed by atoms with van der Waals surface area (Å²) >= 11 is 0. The van der Waals surface area contributed by atoms with Gasteiger partial charge in [-0.05, 0) is 46.6 Å². The van der Waals surface area contributed by atoms with E-state index in [1.54, 1.807) is 0 Å². The van der Waals surface area contributed by atoms with Crippen LogP contribution in [-0.4, -0.2) is 42.3 Å². The molecule has 18 heavy (non-hydrogen) atoms. The summed E-state index contributed by atoms with van der Waals surface area (Å²) in [6, 6.07) is 0.429. The van der Waals surface area contributed by atoms with Gasteiger partial charge >= 0.3 is 6.09 Å². The van der Waals surface area contributed by atoms with Crippen molar-refractivity contribution in [2.75, 3.05) is 19.6 Å². The Morgan fingerprint density at radius 2 is 2.17 bits per heavy atom. The molecular formula is C14H28N2O2. The number of hydrogen-bond acceptors (Lipinski definition) is 3. The summed E-state index contributed by atoms with van der Waals surface area (Å²) in [7, 11) is 0. The molecule has 1 amide bonds. The van der Waals surface area contributed by atoms with Gasteiger partial charge in [0.25, 0.3) is 0 Å². The van der Waals surface area contributed by atoms with Gasteiger partial charge < -0.3 is 15.0 Å². The number of carbonyl (C=O) groups is 1. The molecule has 0 radical (unpaired) electrons. The third-order valence-electron chi connectivity index (χ3n) is 3.04. The highest BCUT2D eigenvalue weighted by Gasteiger charge is 2.27.